The largest absolute Gasteiger partial charge is 0.384 e. The molecule has 0 spiro atoms. The van der Waals surface area contributed by atoms with Crippen LogP contribution >= 0.6 is 0 Å². The second-order valence-corrected chi connectivity index (χ2v) is 3.99. The zero-order valence-electron chi connectivity index (χ0n) is 9.51. The normalized spacial score (nSPS) is 14.4. The Morgan fingerprint density at radius 2 is 2.08 bits per heavy atom. The Morgan fingerprint density at radius 3 is 2.46 bits per heavy atom. The van der Waals surface area contributed by atoms with Crippen molar-refractivity contribution in [2.24, 2.45) is 11.7 Å². The van der Waals surface area contributed by atoms with Crippen LogP contribution < -0.4 is 5.73 Å². The number of nitrogens with two attached hydrogens (primary N) is 1. The third kappa shape index (κ3) is 6.64. The number of hydrogen-bond acceptors (Lipinski definition) is 2. The van der Waals surface area contributed by atoms with Crippen molar-refractivity contribution in [3.8, 4) is 0 Å². The van der Waals surface area contributed by atoms with E-state index in [1.54, 1.807) is 0 Å². The van der Waals surface area contributed by atoms with Crippen molar-refractivity contribution in [1.29, 1.82) is 0 Å². The highest BCUT2D eigenvalue weighted by Crippen LogP contribution is 2.13. The van der Waals surface area contributed by atoms with Gasteiger partial charge in [0.25, 0.3) is 0 Å². The molecule has 2 N–H and O–H groups in total. The van der Waals surface area contributed by atoms with Gasteiger partial charge in [0, 0.05) is 14.1 Å². The van der Waals surface area contributed by atoms with E-state index >= 15 is 0 Å². The quantitative estimate of drug-likeness (QED) is 0.686. The summed E-state index contributed by atoms with van der Waals surface area (Å²) in [5.74, 6) is 0.700. The molecule has 1 atom stereocenters. The molecule has 0 aliphatic rings. The van der Waals surface area contributed by atoms with E-state index in [4.69, 9.17) is 5.73 Å². The molecule has 0 aliphatic carbocycles. The summed E-state index contributed by atoms with van der Waals surface area (Å²) in [6.07, 6.45) is 5.78. The van der Waals surface area contributed by atoms with Gasteiger partial charge in [-0.2, -0.15) is 0 Å². The molecule has 0 heterocycles. The maximum atomic E-state index is 5.64. The summed E-state index contributed by atoms with van der Waals surface area (Å²) in [6, 6.07) is 0. The minimum atomic E-state index is 0.700. The summed E-state index contributed by atoms with van der Waals surface area (Å²) >= 11 is 0. The van der Waals surface area contributed by atoms with Gasteiger partial charge in [-0.25, -0.2) is 0 Å². The van der Waals surface area contributed by atoms with Gasteiger partial charge in [0.05, 0.1) is 0 Å². The van der Waals surface area contributed by atoms with Crippen LogP contribution in [0.25, 0.3) is 0 Å². The smallest absolute Gasteiger partial charge is 0.00556 e. The van der Waals surface area contributed by atoms with Crippen LogP contribution in [-0.4, -0.2) is 25.5 Å². The lowest BCUT2D eigenvalue weighted by molar-refractivity contribution is 0.476. The summed E-state index contributed by atoms with van der Waals surface area (Å²) in [5.41, 5.74) is 7.08. The van der Waals surface area contributed by atoms with E-state index in [0.29, 0.717) is 5.92 Å². The predicted octanol–water partition coefficient (Wildman–Crippen LogP) is 2.22. The maximum Gasteiger partial charge on any atom is 0.00556 e. The van der Waals surface area contributed by atoms with E-state index in [9.17, 15) is 0 Å². The van der Waals surface area contributed by atoms with Crippen LogP contribution in [0.15, 0.2) is 11.8 Å². The third-order valence-electron chi connectivity index (χ3n) is 2.34. The van der Waals surface area contributed by atoms with Gasteiger partial charge >= 0.3 is 0 Å². The molecule has 0 aromatic rings. The van der Waals surface area contributed by atoms with Crippen molar-refractivity contribution in [2.75, 3.05) is 20.6 Å². The van der Waals surface area contributed by atoms with Crippen molar-refractivity contribution < 1.29 is 0 Å². The lowest BCUT2D eigenvalue weighted by atomic mass is 9.98. The molecule has 78 valence electrons. The van der Waals surface area contributed by atoms with Gasteiger partial charge in [0.1, 0.15) is 0 Å². The molecule has 0 amide bonds. The fourth-order valence-electron chi connectivity index (χ4n) is 1.43. The summed E-state index contributed by atoms with van der Waals surface area (Å²) in [6.45, 7) is 5.22. The van der Waals surface area contributed by atoms with E-state index in [1.807, 2.05) is 0 Å². The zero-order chi connectivity index (χ0) is 10.3. The molecule has 0 saturated heterocycles. The monoisotopic (exact) mass is 184 g/mol. The van der Waals surface area contributed by atoms with E-state index in [1.165, 1.54) is 24.8 Å². The van der Waals surface area contributed by atoms with Crippen molar-refractivity contribution in [3.63, 3.8) is 0 Å². The molecule has 0 rings (SSSR count). The van der Waals surface area contributed by atoms with E-state index in [2.05, 4.69) is 39.0 Å². The van der Waals surface area contributed by atoms with E-state index in [-0.39, 0.29) is 0 Å². The van der Waals surface area contributed by atoms with Crippen molar-refractivity contribution >= 4 is 0 Å². The Labute approximate surface area is 82.8 Å². The van der Waals surface area contributed by atoms with Crippen molar-refractivity contribution in [1.82, 2.24) is 4.90 Å². The van der Waals surface area contributed by atoms with Crippen LogP contribution in [0.1, 0.15) is 33.1 Å². The van der Waals surface area contributed by atoms with Gasteiger partial charge in [-0.3, -0.25) is 0 Å². The summed E-state index contributed by atoms with van der Waals surface area (Å²) < 4.78 is 0. The zero-order valence-corrected chi connectivity index (χ0v) is 9.51. The molecule has 0 aromatic carbocycles. The van der Waals surface area contributed by atoms with E-state index < -0.39 is 0 Å². The molecule has 2 heteroatoms. The number of rotatable bonds is 6. The Hall–Kier alpha value is -0.500. The molecule has 0 radical (unpaired) electrons. The topological polar surface area (TPSA) is 29.3 Å². The summed E-state index contributed by atoms with van der Waals surface area (Å²) in [4.78, 5) is 2.10. The van der Waals surface area contributed by atoms with Gasteiger partial charge in [0.2, 0.25) is 0 Å². The van der Waals surface area contributed by atoms with Crippen LogP contribution in [0.5, 0.6) is 0 Å². The molecule has 0 aromatic heterocycles. The van der Waals surface area contributed by atoms with Crippen molar-refractivity contribution in [2.45, 2.75) is 33.1 Å². The first-order valence-electron chi connectivity index (χ1n) is 5.13. The van der Waals surface area contributed by atoms with Crippen LogP contribution in [-0.2, 0) is 0 Å². The molecule has 0 bridgehead atoms. The molecule has 0 saturated carbocycles. The van der Waals surface area contributed by atoms with Crippen molar-refractivity contribution in [3.05, 3.63) is 11.8 Å². The number of nitrogens with zero attached hydrogens (tertiary/aromatic N) is 1. The molecule has 0 aliphatic heterocycles. The van der Waals surface area contributed by atoms with Gasteiger partial charge in [-0.1, -0.05) is 18.9 Å². The fourth-order valence-corrected chi connectivity index (χ4v) is 1.43. The Bertz CT molecular complexity index is 146. The van der Waals surface area contributed by atoms with Crippen LogP contribution in [0.2, 0.25) is 0 Å². The van der Waals surface area contributed by atoms with Gasteiger partial charge in [0.15, 0.2) is 0 Å². The third-order valence-corrected chi connectivity index (χ3v) is 2.34. The summed E-state index contributed by atoms with van der Waals surface area (Å²) in [7, 11) is 4.12. The Kier molecular flexibility index (Phi) is 6.69. The van der Waals surface area contributed by atoms with Crippen LogP contribution in [0, 0.1) is 5.92 Å². The first-order chi connectivity index (χ1) is 6.10. The first-order valence-corrected chi connectivity index (χ1v) is 5.13. The highest BCUT2D eigenvalue weighted by atomic mass is 15.0. The number of hydrogen-bond donors (Lipinski definition) is 1. The Morgan fingerprint density at radius 1 is 1.46 bits per heavy atom. The second kappa shape index (κ2) is 6.96. The van der Waals surface area contributed by atoms with Crippen LogP contribution in [0.3, 0.4) is 0 Å². The molecule has 0 fully saturated rings. The highest BCUT2D eigenvalue weighted by molar-refractivity contribution is 4.96. The number of allylic oxidation sites excluding steroid dienone is 1. The average Bonchev–Trinajstić information content (AvgIpc) is 2.05. The highest BCUT2D eigenvalue weighted by Gasteiger charge is 2.03. The second-order valence-electron chi connectivity index (χ2n) is 3.99. The van der Waals surface area contributed by atoms with Gasteiger partial charge in [-0.15, -0.1) is 0 Å². The molecular weight excluding hydrogens is 160 g/mol. The van der Waals surface area contributed by atoms with E-state index in [0.717, 1.165) is 6.54 Å². The molecular formula is C11H24N2. The summed E-state index contributed by atoms with van der Waals surface area (Å²) in [5, 5.41) is 0. The predicted molar refractivity (Wildman–Crippen MR) is 59.5 cm³/mol. The minimum Gasteiger partial charge on any atom is -0.384 e. The Balaban J connectivity index is 3.74. The first kappa shape index (κ1) is 12.5. The molecule has 13 heavy (non-hydrogen) atoms. The standard InChI is InChI=1S/C11H24N2/c1-5-11(8-12)7-6-10(2)9-13(3)4/h9,11H,5-8,12H2,1-4H3. The fraction of sp³-hybridized carbons (Fsp3) is 0.818. The average molecular weight is 184 g/mol. The lowest BCUT2D eigenvalue weighted by Crippen LogP contribution is -2.13. The van der Waals surface area contributed by atoms with Gasteiger partial charge < -0.3 is 10.6 Å². The molecule has 1 unspecified atom stereocenters. The van der Waals surface area contributed by atoms with Crippen LogP contribution in [0.4, 0.5) is 0 Å². The van der Waals surface area contributed by atoms with Gasteiger partial charge in [-0.05, 0) is 38.4 Å². The minimum absolute atomic E-state index is 0.700. The lowest BCUT2D eigenvalue weighted by Gasteiger charge is -2.13. The maximum absolute atomic E-state index is 5.64. The SMILES string of the molecule is CCC(CN)CCC(C)=CN(C)C. The molecule has 2 nitrogen and oxygen atoms in total.